The van der Waals surface area contributed by atoms with Crippen molar-refractivity contribution in [3.63, 3.8) is 0 Å². The van der Waals surface area contributed by atoms with Crippen molar-refractivity contribution >= 4 is 34.1 Å². The molecule has 26 heavy (non-hydrogen) atoms. The highest BCUT2D eigenvalue weighted by atomic mass is 32.2. The smallest absolute Gasteiger partial charge is 0.236 e. The SMILES string of the molecule is COc1ccccc1-n1nnnc1SCC(=O)Nc1nnc(C(C)C)s1. The number of carbonyl (C=O) groups excluding carboxylic acids is 1. The van der Waals surface area contributed by atoms with Crippen LogP contribution in [0.4, 0.5) is 5.13 Å². The molecule has 0 spiro atoms. The van der Waals surface area contributed by atoms with Crippen LogP contribution in [0.3, 0.4) is 0 Å². The zero-order valence-corrected chi connectivity index (χ0v) is 16.0. The number of rotatable bonds is 7. The van der Waals surface area contributed by atoms with Gasteiger partial charge in [-0.3, -0.25) is 10.1 Å². The topological polar surface area (TPSA) is 108 Å². The van der Waals surface area contributed by atoms with Crippen LogP contribution in [0.5, 0.6) is 5.75 Å². The van der Waals surface area contributed by atoms with Crippen LogP contribution in [0.1, 0.15) is 24.8 Å². The first-order valence-corrected chi connectivity index (χ1v) is 9.56. The standard InChI is InChI=1S/C15H17N7O2S2/c1-9(2)13-17-18-14(26-13)16-12(23)8-25-15-19-20-21-22(15)10-6-4-5-7-11(10)24-3/h4-7,9H,8H2,1-3H3,(H,16,18,23). The number of aromatic nitrogens is 6. The van der Waals surface area contributed by atoms with Crippen molar-refractivity contribution in [3.8, 4) is 11.4 Å². The third-order valence-electron chi connectivity index (χ3n) is 3.27. The second-order valence-electron chi connectivity index (χ2n) is 5.48. The minimum atomic E-state index is -0.198. The number of anilines is 1. The molecule has 0 fully saturated rings. The fourth-order valence-corrected chi connectivity index (χ4v) is 3.47. The Labute approximate surface area is 158 Å². The van der Waals surface area contributed by atoms with Gasteiger partial charge in [0.05, 0.1) is 12.9 Å². The molecule has 11 heteroatoms. The number of tetrazole rings is 1. The molecule has 0 aliphatic heterocycles. The predicted molar refractivity (Wildman–Crippen MR) is 99.1 cm³/mol. The van der Waals surface area contributed by atoms with Gasteiger partial charge in [-0.05, 0) is 22.6 Å². The largest absolute Gasteiger partial charge is 0.494 e. The Hall–Kier alpha value is -2.53. The van der Waals surface area contributed by atoms with Crippen molar-refractivity contribution < 1.29 is 9.53 Å². The molecule has 3 rings (SSSR count). The van der Waals surface area contributed by atoms with Crippen LogP contribution in [0, 0.1) is 0 Å². The Morgan fingerprint density at radius 1 is 1.31 bits per heavy atom. The molecule has 1 amide bonds. The summed E-state index contributed by atoms with van der Waals surface area (Å²) >= 11 is 2.60. The molecule has 0 unspecified atom stereocenters. The van der Waals surface area contributed by atoms with Gasteiger partial charge in [-0.25, -0.2) is 0 Å². The highest BCUT2D eigenvalue weighted by molar-refractivity contribution is 7.99. The lowest BCUT2D eigenvalue weighted by atomic mass is 10.2. The highest BCUT2D eigenvalue weighted by Crippen LogP contribution is 2.26. The molecular formula is C15H17N7O2S2. The Balaban J connectivity index is 1.65. The summed E-state index contributed by atoms with van der Waals surface area (Å²) in [5.74, 6) is 0.863. The molecule has 0 aliphatic rings. The third-order valence-corrected chi connectivity index (χ3v) is 5.33. The van der Waals surface area contributed by atoms with Gasteiger partial charge < -0.3 is 4.74 Å². The van der Waals surface area contributed by atoms with Crippen LogP contribution in [-0.4, -0.2) is 49.2 Å². The van der Waals surface area contributed by atoms with E-state index in [-0.39, 0.29) is 17.6 Å². The molecule has 0 aliphatic carbocycles. The maximum Gasteiger partial charge on any atom is 0.236 e. The van der Waals surface area contributed by atoms with E-state index >= 15 is 0 Å². The van der Waals surface area contributed by atoms with Crippen LogP contribution in [0.25, 0.3) is 5.69 Å². The van der Waals surface area contributed by atoms with Crippen LogP contribution < -0.4 is 10.1 Å². The van der Waals surface area contributed by atoms with E-state index in [9.17, 15) is 4.79 Å². The number of nitrogens with one attached hydrogen (secondary N) is 1. The van der Waals surface area contributed by atoms with Crippen molar-refractivity contribution in [1.82, 2.24) is 30.4 Å². The van der Waals surface area contributed by atoms with Gasteiger partial charge >= 0.3 is 0 Å². The van der Waals surface area contributed by atoms with E-state index in [4.69, 9.17) is 4.74 Å². The molecule has 2 aromatic heterocycles. The quantitative estimate of drug-likeness (QED) is 0.612. The molecule has 1 aromatic carbocycles. The maximum atomic E-state index is 12.2. The van der Waals surface area contributed by atoms with Crippen molar-refractivity contribution in [2.75, 3.05) is 18.2 Å². The second kappa shape index (κ2) is 8.23. The minimum absolute atomic E-state index is 0.145. The average Bonchev–Trinajstić information content (AvgIpc) is 3.29. The number of carbonyl (C=O) groups is 1. The van der Waals surface area contributed by atoms with Gasteiger partial charge in [-0.15, -0.1) is 15.3 Å². The van der Waals surface area contributed by atoms with Gasteiger partial charge in [-0.1, -0.05) is 49.1 Å². The molecule has 0 radical (unpaired) electrons. The summed E-state index contributed by atoms with van der Waals surface area (Å²) in [4.78, 5) is 12.2. The lowest BCUT2D eigenvalue weighted by Crippen LogP contribution is -2.14. The molecule has 1 N–H and O–H groups in total. The van der Waals surface area contributed by atoms with E-state index in [1.165, 1.54) is 23.1 Å². The zero-order valence-electron chi connectivity index (χ0n) is 14.4. The van der Waals surface area contributed by atoms with E-state index in [1.54, 1.807) is 11.8 Å². The lowest BCUT2D eigenvalue weighted by molar-refractivity contribution is -0.113. The third kappa shape index (κ3) is 4.17. The monoisotopic (exact) mass is 391 g/mol. The van der Waals surface area contributed by atoms with Crippen LogP contribution >= 0.6 is 23.1 Å². The van der Waals surface area contributed by atoms with Gasteiger partial charge in [0.15, 0.2) is 0 Å². The number of nitrogens with zero attached hydrogens (tertiary/aromatic N) is 6. The van der Waals surface area contributed by atoms with Crippen LogP contribution in [-0.2, 0) is 4.79 Å². The summed E-state index contributed by atoms with van der Waals surface area (Å²) in [5, 5.41) is 24.3. The molecule has 0 bridgehead atoms. The predicted octanol–water partition coefficient (Wildman–Crippen LogP) is 2.38. The fraction of sp³-hybridized carbons (Fsp3) is 0.333. The van der Waals surface area contributed by atoms with Crippen LogP contribution in [0.2, 0.25) is 0 Å². The first kappa shape index (κ1) is 18.3. The molecule has 136 valence electrons. The van der Waals surface area contributed by atoms with Gasteiger partial charge in [0, 0.05) is 5.92 Å². The number of para-hydroxylation sites is 2. The van der Waals surface area contributed by atoms with E-state index in [0.717, 1.165) is 5.01 Å². The molecular weight excluding hydrogens is 374 g/mol. The first-order valence-electron chi connectivity index (χ1n) is 7.76. The van der Waals surface area contributed by atoms with Crippen molar-refractivity contribution in [3.05, 3.63) is 29.3 Å². The van der Waals surface area contributed by atoms with Gasteiger partial charge in [-0.2, -0.15) is 4.68 Å². The Morgan fingerprint density at radius 3 is 2.85 bits per heavy atom. The summed E-state index contributed by atoms with van der Waals surface area (Å²) in [6, 6.07) is 7.39. The summed E-state index contributed by atoms with van der Waals surface area (Å²) in [5.41, 5.74) is 0.702. The van der Waals surface area contributed by atoms with Gasteiger partial charge in [0.1, 0.15) is 16.4 Å². The number of ether oxygens (including phenoxy) is 1. The number of hydrogen-bond acceptors (Lipinski definition) is 9. The number of methoxy groups -OCH3 is 1. The summed E-state index contributed by atoms with van der Waals surface area (Å²) in [7, 11) is 1.58. The molecule has 0 saturated carbocycles. The first-order chi connectivity index (χ1) is 12.6. The Kier molecular flexibility index (Phi) is 5.78. The Bertz CT molecular complexity index is 894. The second-order valence-corrected chi connectivity index (χ2v) is 7.43. The van der Waals surface area contributed by atoms with E-state index in [2.05, 4.69) is 31.0 Å². The molecule has 0 atom stereocenters. The molecule has 3 aromatic rings. The molecule has 0 saturated heterocycles. The summed E-state index contributed by atoms with van der Waals surface area (Å²) < 4.78 is 6.87. The van der Waals surface area contributed by atoms with Crippen molar-refractivity contribution in [1.29, 1.82) is 0 Å². The number of amides is 1. The number of benzene rings is 1. The molecule has 9 nitrogen and oxygen atoms in total. The van der Waals surface area contributed by atoms with Gasteiger partial charge in [0.2, 0.25) is 16.2 Å². The van der Waals surface area contributed by atoms with E-state index < -0.39 is 0 Å². The number of thioether (sulfide) groups is 1. The van der Waals surface area contributed by atoms with Crippen molar-refractivity contribution in [2.24, 2.45) is 0 Å². The normalized spacial score (nSPS) is 10.9. The van der Waals surface area contributed by atoms with Crippen LogP contribution in [0.15, 0.2) is 29.4 Å². The lowest BCUT2D eigenvalue weighted by Gasteiger charge is -2.08. The van der Waals surface area contributed by atoms with Gasteiger partial charge in [0.25, 0.3) is 0 Å². The number of hydrogen-bond donors (Lipinski definition) is 1. The minimum Gasteiger partial charge on any atom is -0.494 e. The summed E-state index contributed by atoms with van der Waals surface area (Å²) in [6.07, 6.45) is 0. The van der Waals surface area contributed by atoms with E-state index in [0.29, 0.717) is 21.7 Å². The average molecular weight is 391 g/mol. The highest BCUT2D eigenvalue weighted by Gasteiger charge is 2.16. The van der Waals surface area contributed by atoms with Crippen molar-refractivity contribution in [2.45, 2.75) is 24.9 Å². The zero-order chi connectivity index (χ0) is 18.5. The fourth-order valence-electron chi connectivity index (χ4n) is 2.03. The molecule has 2 heterocycles. The summed E-state index contributed by atoms with van der Waals surface area (Å²) in [6.45, 7) is 4.05. The maximum absolute atomic E-state index is 12.2. The Morgan fingerprint density at radius 2 is 2.12 bits per heavy atom. The van der Waals surface area contributed by atoms with E-state index in [1.807, 2.05) is 38.1 Å².